The minimum atomic E-state index is -0.343. The van der Waals surface area contributed by atoms with Crippen molar-refractivity contribution in [3.63, 3.8) is 0 Å². The van der Waals surface area contributed by atoms with E-state index >= 15 is 0 Å². The molecule has 0 unspecified atom stereocenters. The summed E-state index contributed by atoms with van der Waals surface area (Å²) in [5.74, 6) is 0.0644. The summed E-state index contributed by atoms with van der Waals surface area (Å²) in [5, 5.41) is 3.54. The van der Waals surface area contributed by atoms with Crippen molar-refractivity contribution in [2.24, 2.45) is 0 Å². The number of thioether (sulfide) groups is 1. The summed E-state index contributed by atoms with van der Waals surface area (Å²) in [4.78, 5) is 27.1. The van der Waals surface area contributed by atoms with E-state index in [1.54, 1.807) is 41.3 Å². The number of carbonyl (C=O) groups is 2. The lowest BCUT2D eigenvalue weighted by Crippen LogP contribution is -2.27. The highest BCUT2D eigenvalue weighted by Gasteiger charge is 2.31. The van der Waals surface area contributed by atoms with Crippen molar-refractivity contribution in [1.82, 2.24) is 4.90 Å². The maximum atomic E-state index is 12.8. The SMILES string of the molecule is O=C(COc1ccc(/C=C2\SC(=S)N(Cc3ccccc3)C2=O)cc1)Nc1cc(Cl)cc(Cl)c1. The van der Waals surface area contributed by atoms with Crippen LogP contribution in [0.2, 0.25) is 10.0 Å². The van der Waals surface area contributed by atoms with E-state index in [0.29, 0.717) is 37.3 Å². The molecule has 1 aliphatic rings. The molecule has 0 aromatic heterocycles. The quantitative estimate of drug-likeness (QED) is 0.283. The lowest BCUT2D eigenvalue weighted by Gasteiger charge is -2.14. The van der Waals surface area contributed by atoms with Crippen LogP contribution in [0.15, 0.2) is 77.7 Å². The van der Waals surface area contributed by atoms with Crippen molar-refractivity contribution >= 4 is 75.1 Å². The van der Waals surface area contributed by atoms with Gasteiger partial charge in [-0.1, -0.05) is 89.6 Å². The Kier molecular flexibility index (Phi) is 7.90. The summed E-state index contributed by atoms with van der Waals surface area (Å²) >= 11 is 18.6. The highest BCUT2D eigenvalue weighted by Crippen LogP contribution is 2.33. The summed E-state index contributed by atoms with van der Waals surface area (Å²) in [5.41, 5.74) is 2.33. The molecule has 5 nitrogen and oxygen atoms in total. The van der Waals surface area contributed by atoms with Crippen LogP contribution < -0.4 is 10.1 Å². The number of halogens is 2. The van der Waals surface area contributed by atoms with Gasteiger partial charge >= 0.3 is 0 Å². The average molecular weight is 529 g/mol. The summed E-state index contributed by atoms with van der Waals surface area (Å²) < 4.78 is 6.08. The van der Waals surface area contributed by atoms with Gasteiger partial charge in [-0.25, -0.2) is 0 Å². The fraction of sp³-hybridized carbons (Fsp3) is 0.0800. The van der Waals surface area contributed by atoms with Gasteiger partial charge in [-0.05, 0) is 47.5 Å². The van der Waals surface area contributed by atoms with E-state index in [1.165, 1.54) is 11.8 Å². The molecule has 3 aromatic carbocycles. The predicted octanol–water partition coefficient (Wildman–Crippen LogP) is 6.41. The Balaban J connectivity index is 1.33. The van der Waals surface area contributed by atoms with Gasteiger partial charge in [0.05, 0.1) is 11.4 Å². The van der Waals surface area contributed by atoms with E-state index in [0.717, 1.165) is 11.1 Å². The Labute approximate surface area is 216 Å². The lowest BCUT2D eigenvalue weighted by atomic mass is 10.2. The number of carbonyl (C=O) groups excluding carboxylic acids is 2. The molecular weight excluding hydrogens is 511 g/mol. The fourth-order valence-electron chi connectivity index (χ4n) is 3.19. The van der Waals surface area contributed by atoms with Crippen LogP contribution in [0.4, 0.5) is 5.69 Å². The van der Waals surface area contributed by atoms with E-state index in [4.69, 9.17) is 40.2 Å². The largest absolute Gasteiger partial charge is 0.484 e. The Bertz CT molecular complexity index is 1240. The van der Waals surface area contributed by atoms with Crippen molar-refractivity contribution in [3.05, 3.63) is 98.9 Å². The normalized spacial score (nSPS) is 14.5. The van der Waals surface area contributed by atoms with Crippen molar-refractivity contribution in [2.75, 3.05) is 11.9 Å². The van der Waals surface area contributed by atoms with Crippen LogP contribution in [0.5, 0.6) is 5.75 Å². The molecule has 1 saturated heterocycles. The number of anilines is 1. The number of nitrogens with zero attached hydrogens (tertiary/aromatic N) is 1. The van der Waals surface area contributed by atoms with Gasteiger partial charge in [0.15, 0.2) is 6.61 Å². The molecular formula is C25H18Cl2N2O3S2. The second-order valence-corrected chi connectivity index (χ2v) is 9.87. The van der Waals surface area contributed by atoms with E-state index in [-0.39, 0.29) is 18.4 Å². The molecule has 1 N–H and O–H groups in total. The van der Waals surface area contributed by atoms with E-state index < -0.39 is 0 Å². The van der Waals surface area contributed by atoms with E-state index in [2.05, 4.69) is 5.32 Å². The topological polar surface area (TPSA) is 58.6 Å². The fourth-order valence-corrected chi connectivity index (χ4v) is 4.97. The zero-order chi connectivity index (χ0) is 24.1. The molecule has 2 amide bonds. The third-order valence-electron chi connectivity index (χ3n) is 4.75. The van der Waals surface area contributed by atoms with Gasteiger partial charge in [-0.3, -0.25) is 14.5 Å². The number of amides is 2. The molecule has 0 bridgehead atoms. The number of hydrogen-bond acceptors (Lipinski definition) is 5. The predicted molar refractivity (Wildman–Crippen MR) is 142 cm³/mol. The molecule has 34 heavy (non-hydrogen) atoms. The monoisotopic (exact) mass is 528 g/mol. The van der Waals surface area contributed by atoms with Crippen LogP contribution in [0, 0.1) is 0 Å². The van der Waals surface area contributed by atoms with E-state index in [9.17, 15) is 9.59 Å². The zero-order valence-electron chi connectivity index (χ0n) is 17.7. The number of thiocarbonyl (C=S) groups is 1. The molecule has 4 rings (SSSR count). The molecule has 1 fully saturated rings. The Morgan fingerprint density at radius 1 is 1.03 bits per heavy atom. The first-order valence-electron chi connectivity index (χ1n) is 10.2. The molecule has 0 radical (unpaired) electrons. The van der Waals surface area contributed by atoms with Crippen molar-refractivity contribution < 1.29 is 14.3 Å². The van der Waals surface area contributed by atoms with Crippen LogP contribution in [-0.2, 0) is 16.1 Å². The molecule has 0 atom stereocenters. The Morgan fingerprint density at radius 3 is 2.38 bits per heavy atom. The highest BCUT2D eigenvalue weighted by atomic mass is 35.5. The van der Waals surface area contributed by atoms with Gasteiger partial charge in [0.2, 0.25) is 0 Å². The number of nitrogens with one attached hydrogen (secondary N) is 1. The van der Waals surface area contributed by atoms with Gasteiger partial charge in [0.25, 0.3) is 11.8 Å². The molecule has 3 aromatic rings. The number of rotatable bonds is 7. The molecule has 0 saturated carbocycles. The third-order valence-corrected chi connectivity index (χ3v) is 6.57. The molecule has 0 aliphatic carbocycles. The van der Waals surface area contributed by atoms with Gasteiger partial charge in [-0.2, -0.15) is 0 Å². The average Bonchev–Trinajstić information content (AvgIpc) is 3.06. The molecule has 1 heterocycles. The summed E-state index contributed by atoms with van der Waals surface area (Å²) in [6, 6.07) is 21.6. The smallest absolute Gasteiger partial charge is 0.266 e. The summed E-state index contributed by atoms with van der Waals surface area (Å²) in [7, 11) is 0. The van der Waals surface area contributed by atoms with Crippen LogP contribution in [-0.4, -0.2) is 27.6 Å². The van der Waals surface area contributed by atoms with Crippen molar-refractivity contribution in [2.45, 2.75) is 6.54 Å². The molecule has 172 valence electrons. The number of benzene rings is 3. The standard InChI is InChI=1S/C25H18Cl2N2O3S2/c26-18-11-19(27)13-20(12-18)28-23(30)15-32-21-8-6-16(7-9-21)10-22-24(31)29(25(33)34-22)14-17-4-2-1-3-5-17/h1-13H,14-15H2,(H,28,30)/b22-10-. The summed E-state index contributed by atoms with van der Waals surface area (Å²) in [6.07, 6.45) is 1.80. The first kappa shape index (κ1) is 24.3. The van der Waals surface area contributed by atoms with Crippen molar-refractivity contribution in [1.29, 1.82) is 0 Å². The minimum Gasteiger partial charge on any atom is -0.484 e. The third kappa shape index (κ3) is 6.39. The first-order valence-corrected chi connectivity index (χ1v) is 12.1. The maximum Gasteiger partial charge on any atom is 0.266 e. The van der Waals surface area contributed by atoms with Gasteiger partial charge in [0, 0.05) is 15.7 Å². The van der Waals surface area contributed by atoms with Crippen LogP contribution in [0.1, 0.15) is 11.1 Å². The number of ether oxygens (including phenoxy) is 1. The number of hydrogen-bond donors (Lipinski definition) is 1. The minimum absolute atomic E-state index is 0.114. The van der Waals surface area contributed by atoms with Crippen LogP contribution in [0.3, 0.4) is 0 Å². The second-order valence-electron chi connectivity index (χ2n) is 7.32. The van der Waals surface area contributed by atoms with Crippen LogP contribution >= 0.6 is 47.2 Å². The molecule has 1 aliphatic heterocycles. The second kappa shape index (κ2) is 11.1. The zero-order valence-corrected chi connectivity index (χ0v) is 20.8. The maximum absolute atomic E-state index is 12.8. The Hall–Kier alpha value is -2.84. The molecule has 0 spiro atoms. The van der Waals surface area contributed by atoms with Crippen LogP contribution in [0.25, 0.3) is 6.08 Å². The molecule has 9 heteroatoms. The van der Waals surface area contributed by atoms with Gasteiger partial charge in [-0.15, -0.1) is 0 Å². The first-order chi connectivity index (χ1) is 16.4. The van der Waals surface area contributed by atoms with Crippen molar-refractivity contribution in [3.8, 4) is 5.75 Å². The van der Waals surface area contributed by atoms with E-state index in [1.807, 2.05) is 42.5 Å². The van der Waals surface area contributed by atoms with Gasteiger partial charge in [0.1, 0.15) is 10.1 Å². The summed E-state index contributed by atoms with van der Waals surface area (Å²) in [6.45, 7) is 0.265. The van der Waals surface area contributed by atoms with Gasteiger partial charge < -0.3 is 10.1 Å². The highest BCUT2D eigenvalue weighted by molar-refractivity contribution is 8.26. The lowest BCUT2D eigenvalue weighted by molar-refractivity contribution is -0.122. The Morgan fingerprint density at radius 2 is 1.71 bits per heavy atom.